The van der Waals surface area contributed by atoms with Crippen molar-refractivity contribution >= 4 is 24.0 Å². The third-order valence-electron chi connectivity index (χ3n) is 3.28. The number of halogens is 1. The molecule has 0 aliphatic carbocycles. The van der Waals surface area contributed by atoms with E-state index < -0.39 is 8.07 Å². The highest BCUT2D eigenvalue weighted by Crippen LogP contribution is 2.12. The summed E-state index contributed by atoms with van der Waals surface area (Å²) in [5.41, 5.74) is 3.42. The van der Waals surface area contributed by atoms with Crippen molar-refractivity contribution in [3.63, 3.8) is 0 Å². The highest BCUT2D eigenvalue weighted by molar-refractivity contribution is 9.11. The summed E-state index contributed by atoms with van der Waals surface area (Å²) >= 11 is 3.28. The predicted octanol–water partition coefficient (Wildman–Crippen LogP) is 6.35. The van der Waals surface area contributed by atoms with Crippen molar-refractivity contribution in [1.82, 2.24) is 0 Å². The van der Waals surface area contributed by atoms with Gasteiger partial charge in [-0.2, -0.15) is 5.26 Å². The molecule has 0 aliphatic rings. The van der Waals surface area contributed by atoms with Crippen LogP contribution in [0.5, 0.6) is 0 Å². The molecule has 0 fully saturated rings. The van der Waals surface area contributed by atoms with Gasteiger partial charge in [-0.15, -0.1) is 5.54 Å². The molecule has 0 atom stereocenters. The summed E-state index contributed by atoms with van der Waals surface area (Å²) in [5, 5.41) is 8.55. The SMILES string of the molecule is C[Si](C)(C#C/C=C\CCCCCC/C=C\Br)CCCC#N. The average molecular weight is 366 g/mol. The van der Waals surface area contributed by atoms with E-state index in [4.69, 9.17) is 5.26 Å². The van der Waals surface area contributed by atoms with Gasteiger partial charge in [0.25, 0.3) is 0 Å². The Morgan fingerprint density at radius 3 is 2.29 bits per heavy atom. The average Bonchev–Trinajstić information content (AvgIpc) is 2.45. The number of rotatable bonds is 10. The summed E-state index contributed by atoms with van der Waals surface area (Å²) in [6, 6.07) is 3.34. The van der Waals surface area contributed by atoms with Gasteiger partial charge in [0.05, 0.1) is 6.07 Å². The highest BCUT2D eigenvalue weighted by Gasteiger charge is 2.16. The van der Waals surface area contributed by atoms with Gasteiger partial charge < -0.3 is 0 Å². The van der Waals surface area contributed by atoms with Crippen molar-refractivity contribution in [2.45, 2.75) is 70.5 Å². The predicted molar refractivity (Wildman–Crippen MR) is 99.8 cm³/mol. The van der Waals surface area contributed by atoms with Crippen molar-refractivity contribution in [3.05, 3.63) is 23.2 Å². The topological polar surface area (TPSA) is 23.8 Å². The van der Waals surface area contributed by atoms with Crippen LogP contribution >= 0.6 is 15.9 Å². The summed E-state index contributed by atoms with van der Waals surface area (Å²) in [6.45, 7) is 4.57. The molecule has 1 nitrogen and oxygen atoms in total. The fourth-order valence-corrected chi connectivity index (χ4v) is 3.92. The number of allylic oxidation sites excluding steroid dienone is 3. The molecule has 3 heteroatoms. The largest absolute Gasteiger partial charge is 0.198 e. The van der Waals surface area contributed by atoms with E-state index in [1.807, 2.05) is 11.1 Å². The van der Waals surface area contributed by atoms with Crippen molar-refractivity contribution in [3.8, 4) is 17.5 Å². The Hall–Kier alpha value is -0.773. The van der Waals surface area contributed by atoms with Gasteiger partial charge in [-0.1, -0.05) is 59.9 Å². The maximum atomic E-state index is 8.55. The third-order valence-corrected chi connectivity index (χ3v) is 6.08. The molecule has 0 aromatic carbocycles. The van der Waals surface area contributed by atoms with E-state index in [0.717, 1.165) is 18.9 Å². The van der Waals surface area contributed by atoms with E-state index in [9.17, 15) is 0 Å². The molecule has 0 aromatic rings. The first kappa shape index (κ1) is 20.2. The summed E-state index contributed by atoms with van der Waals surface area (Å²) < 4.78 is 0. The molecular weight excluding hydrogens is 338 g/mol. The Morgan fingerprint density at radius 2 is 1.67 bits per heavy atom. The number of hydrogen-bond donors (Lipinski definition) is 0. The second kappa shape index (κ2) is 14.2. The lowest BCUT2D eigenvalue weighted by molar-refractivity contribution is 0.652. The molecule has 116 valence electrons. The van der Waals surface area contributed by atoms with Gasteiger partial charge in [-0.05, 0) is 49.2 Å². The fraction of sp³-hybridized carbons (Fsp3) is 0.611. The van der Waals surface area contributed by atoms with Crippen LogP contribution in [0.25, 0.3) is 0 Å². The van der Waals surface area contributed by atoms with Crippen LogP contribution in [-0.4, -0.2) is 8.07 Å². The summed E-state index contributed by atoms with van der Waals surface area (Å²) in [7, 11) is -1.41. The lowest BCUT2D eigenvalue weighted by atomic mass is 10.1. The first-order valence-electron chi connectivity index (χ1n) is 7.92. The van der Waals surface area contributed by atoms with Crippen LogP contribution in [0, 0.1) is 22.8 Å². The quantitative estimate of drug-likeness (QED) is 0.251. The molecule has 21 heavy (non-hydrogen) atoms. The van der Waals surface area contributed by atoms with Crippen LogP contribution < -0.4 is 0 Å². The van der Waals surface area contributed by atoms with E-state index in [-0.39, 0.29) is 0 Å². The normalized spacial score (nSPS) is 11.5. The van der Waals surface area contributed by atoms with E-state index >= 15 is 0 Å². The zero-order valence-electron chi connectivity index (χ0n) is 13.5. The summed E-state index contributed by atoms with van der Waals surface area (Å²) in [6.07, 6.45) is 15.5. The minimum atomic E-state index is -1.41. The molecule has 0 heterocycles. The molecule has 0 aliphatic heterocycles. The maximum Gasteiger partial charge on any atom is 0.132 e. The van der Waals surface area contributed by atoms with E-state index in [1.54, 1.807) is 0 Å². The molecular formula is C18H28BrNSi. The van der Waals surface area contributed by atoms with Crippen LogP contribution in [0.3, 0.4) is 0 Å². The van der Waals surface area contributed by atoms with Gasteiger partial charge >= 0.3 is 0 Å². The van der Waals surface area contributed by atoms with Crippen molar-refractivity contribution in [1.29, 1.82) is 5.26 Å². The van der Waals surface area contributed by atoms with Gasteiger partial charge in [0.15, 0.2) is 0 Å². The molecule has 0 rings (SSSR count). The van der Waals surface area contributed by atoms with Gasteiger partial charge in [0, 0.05) is 6.42 Å². The van der Waals surface area contributed by atoms with E-state index in [0.29, 0.717) is 6.42 Å². The van der Waals surface area contributed by atoms with Gasteiger partial charge in [-0.3, -0.25) is 0 Å². The second-order valence-electron chi connectivity index (χ2n) is 5.92. The molecule has 0 spiro atoms. The van der Waals surface area contributed by atoms with Gasteiger partial charge in [-0.25, -0.2) is 0 Å². The summed E-state index contributed by atoms with van der Waals surface area (Å²) in [5.74, 6) is 3.21. The van der Waals surface area contributed by atoms with Crippen molar-refractivity contribution in [2.24, 2.45) is 0 Å². The van der Waals surface area contributed by atoms with Crippen LogP contribution in [0.4, 0.5) is 0 Å². The first-order chi connectivity index (χ1) is 10.1. The van der Waals surface area contributed by atoms with Crippen molar-refractivity contribution in [2.75, 3.05) is 0 Å². The molecule has 0 bridgehead atoms. The molecule has 0 unspecified atom stereocenters. The summed E-state index contributed by atoms with van der Waals surface area (Å²) in [4.78, 5) is 1.94. The molecule has 0 N–H and O–H groups in total. The van der Waals surface area contributed by atoms with E-state index in [1.165, 1.54) is 32.1 Å². The molecule has 0 radical (unpaired) electrons. The number of hydrogen-bond acceptors (Lipinski definition) is 1. The zero-order valence-corrected chi connectivity index (χ0v) is 16.1. The van der Waals surface area contributed by atoms with Crippen LogP contribution in [0.1, 0.15) is 51.4 Å². The standard InChI is InChI=1S/C18H28BrNSi/c1-21(2,18-14-12-16-20)17-13-10-8-6-4-3-5-7-9-11-15-19/h8,10-11,15H,3-7,9,12,14,18H2,1-2H3/b10-8-,15-11-. The van der Waals surface area contributed by atoms with Gasteiger partial charge in [0.2, 0.25) is 0 Å². The van der Waals surface area contributed by atoms with Gasteiger partial charge in [0.1, 0.15) is 8.07 Å². The first-order valence-corrected chi connectivity index (χ1v) is 12.0. The molecule has 0 saturated carbocycles. The lowest BCUT2D eigenvalue weighted by Gasteiger charge is -2.12. The number of unbranched alkanes of at least 4 members (excludes halogenated alkanes) is 6. The van der Waals surface area contributed by atoms with Crippen LogP contribution in [0.15, 0.2) is 23.2 Å². The monoisotopic (exact) mass is 365 g/mol. The second-order valence-corrected chi connectivity index (χ2v) is 11.0. The Morgan fingerprint density at radius 1 is 1.00 bits per heavy atom. The Balaban J connectivity index is 3.67. The molecule has 0 saturated heterocycles. The van der Waals surface area contributed by atoms with Crippen molar-refractivity contribution < 1.29 is 0 Å². The lowest BCUT2D eigenvalue weighted by Crippen LogP contribution is -2.22. The number of nitriles is 1. The highest BCUT2D eigenvalue weighted by atomic mass is 79.9. The zero-order chi connectivity index (χ0) is 15.8. The minimum absolute atomic E-state index is 0.666. The molecule has 0 aromatic heterocycles. The van der Waals surface area contributed by atoms with Crippen LogP contribution in [-0.2, 0) is 0 Å². The van der Waals surface area contributed by atoms with Crippen LogP contribution in [0.2, 0.25) is 19.1 Å². The van der Waals surface area contributed by atoms with E-state index in [2.05, 4.69) is 58.7 Å². The fourth-order valence-electron chi connectivity index (χ4n) is 1.99. The Kier molecular flexibility index (Phi) is 13.7. The Bertz CT molecular complexity index is 407. The minimum Gasteiger partial charge on any atom is -0.198 e. The number of nitrogens with zero attached hydrogens (tertiary/aromatic N) is 1. The molecule has 0 amide bonds. The maximum absolute atomic E-state index is 8.55. The smallest absolute Gasteiger partial charge is 0.132 e. The Labute approximate surface area is 140 Å². The third kappa shape index (κ3) is 15.4.